The largest absolute Gasteiger partial charge is 0.383 e. The maximum atomic E-state index is 12.8. The van der Waals surface area contributed by atoms with Gasteiger partial charge in [-0.2, -0.15) is 9.78 Å². The molecule has 0 spiro atoms. The van der Waals surface area contributed by atoms with Gasteiger partial charge in [0.05, 0.1) is 17.8 Å². The zero-order valence-electron chi connectivity index (χ0n) is 15.1. The zero-order chi connectivity index (χ0) is 18.7. The van der Waals surface area contributed by atoms with Crippen molar-refractivity contribution in [3.05, 3.63) is 64.8 Å². The molecule has 0 saturated heterocycles. The number of nitrogens with one attached hydrogen (secondary N) is 1. The van der Waals surface area contributed by atoms with Gasteiger partial charge in [0.2, 0.25) is 0 Å². The molecule has 0 radical (unpaired) electrons. The monoisotopic (exact) mass is 351 g/mol. The molecule has 0 bridgehead atoms. The third-order valence-electron chi connectivity index (χ3n) is 4.21. The summed E-state index contributed by atoms with van der Waals surface area (Å²) in [7, 11) is 1.58. The summed E-state index contributed by atoms with van der Waals surface area (Å²) in [5, 5.41) is 7.95. The molecule has 2 aromatic carbocycles. The van der Waals surface area contributed by atoms with E-state index in [9.17, 15) is 9.59 Å². The van der Waals surface area contributed by atoms with Crippen LogP contribution in [0.3, 0.4) is 0 Å². The van der Waals surface area contributed by atoms with Crippen LogP contribution in [0.15, 0.2) is 42.5 Å². The van der Waals surface area contributed by atoms with Crippen molar-refractivity contribution in [3.8, 4) is 0 Å². The summed E-state index contributed by atoms with van der Waals surface area (Å²) in [6, 6.07) is 12.6. The van der Waals surface area contributed by atoms with Crippen molar-refractivity contribution < 1.29 is 14.3 Å². The van der Waals surface area contributed by atoms with Gasteiger partial charge in [0.1, 0.15) is 0 Å². The molecule has 0 unspecified atom stereocenters. The standard InChI is InChI=1S/C20H21N3O3/c1-13-4-6-15(7-5-13)20(25)23-18-9-8-16(12-17(18)14(2)22-23)19(24)21-10-11-26-3/h4-9,12H,10-11H2,1-3H3,(H,21,24). The number of aromatic nitrogens is 2. The molecule has 0 fully saturated rings. The molecule has 0 aliphatic carbocycles. The lowest BCUT2D eigenvalue weighted by Gasteiger charge is -2.06. The van der Waals surface area contributed by atoms with E-state index in [4.69, 9.17) is 4.74 Å². The van der Waals surface area contributed by atoms with Crippen LogP contribution in [0.2, 0.25) is 0 Å². The van der Waals surface area contributed by atoms with Gasteiger partial charge in [0, 0.05) is 30.2 Å². The molecule has 1 aromatic heterocycles. The third-order valence-corrected chi connectivity index (χ3v) is 4.21. The highest BCUT2D eigenvalue weighted by molar-refractivity contribution is 6.04. The number of aryl methyl sites for hydroxylation is 2. The Morgan fingerprint density at radius 3 is 2.46 bits per heavy atom. The number of rotatable bonds is 5. The van der Waals surface area contributed by atoms with Crippen molar-refractivity contribution in [2.24, 2.45) is 0 Å². The SMILES string of the molecule is COCCNC(=O)c1ccc2c(c1)c(C)nn2C(=O)c1ccc(C)cc1. The Hall–Kier alpha value is -2.99. The summed E-state index contributed by atoms with van der Waals surface area (Å²) in [6.07, 6.45) is 0. The Labute approximate surface area is 151 Å². The number of nitrogens with zero attached hydrogens (tertiary/aromatic N) is 2. The van der Waals surface area contributed by atoms with Crippen LogP contribution in [0.4, 0.5) is 0 Å². The highest BCUT2D eigenvalue weighted by Crippen LogP contribution is 2.21. The highest BCUT2D eigenvalue weighted by atomic mass is 16.5. The Morgan fingerprint density at radius 1 is 1.08 bits per heavy atom. The zero-order valence-corrected chi connectivity index (χ0v) is 15.1. The minimum atomic E-state index is -0.194. The number of benzene rings is 2. The summed E-state index contributed by atoms with van der Waals surface area (Å²) in [5.41, 5.74) is 3.57. The molecular weight excluding hydrogens is 330 g/mol. The summed E-state index contributed by atoms with van der Waals surface area (Å²) in [6.45, 7) is 4.70. The number of methoxy groups -OCH3 is 1. The van der Waals surface area contributed by atoms with Crippen LogP contribution >= 0.6 is 0 Å². The molecule has 0 atom stereocenters. The van der Waals surface area contributed by atoms with Gasteiger partial charge in [-0.05, 0) is 44.2 Å². The number of carbonyl (C=O) groups excluding carboxylic acids is 2. The second kappa shape index (κ2) is 7.49. The molecule has 0 saturated carbocycles. The van der Waals surface area contributed by atoms with E-state index >= 15 is 0 Å². The van der Waals surface area contributed by atoms with Gasteiger partial charge in [-0.15, -0.1) is 0 Å². The van der Waals surface area contributed by atoms with Crippen LogP contribution in [0.25, 0.3) is 10.9 Å². The molecule has 6 heteroatoms. The molecule has 134 valence electrons. The second-order valence-electron chi connectivity index (χ2n) is 6.15. The maximum absolute atomic E-state index is 12.8. The quantitative estimate of drug-likeness (QED) is 0.718. The molecule has 1 N–H and O–H groups in total. The maximum Gasteiger partial charge on any atom is 0.278 e. The van der Waals surface area contributed by atoms with Gasteiger partial charge in [-0.25, -0.2) is 0 Å². The first-order valence-corrected chi connectivity index (χ1v) is 8.39. The number of carbonyl (C=O) groups is 2. The van der Waals surface area contributed by atoms with Crippen LogP contribution in [0.1, 0.15) is 32.0 Å². The first-order valence-electron chi connectivity index (χ1n) is 8.39. The van der Waals surface area contributed by atoms with E-state index in [0.717, 1.165) is 10.9 Å². The van der Waals surface area contributed by atoms with Gasteiger partial charge in [-0.3, -0.25) is 9.59 Å². The Balaban J connectivity index is 1.93. The molecule has 6 nitrogen and oxygen atoms in total. The number of hydrogen-bond acceptors (Lipinski definition) is 4. The smallest absolute Gasteiger partial charge is 0.278 e. The predicted molar refractivity (Wildman–Crippen MR) is 99.6 cm³/mol. The fourth-order valence-electron chi connectivity index (χ4n) is 2.75. The van der Waals surface area contributed by atoms with Crippen molar-refractivity contribution in [3.63, 3.8) is 0 Å². The molecule has 1 amide bonds. The van der Waals surface area contributed by atoms with Gasteiger partial charge in [0.25, 0.3) is 11.8 Å². The van der Waals surface area contributed by atoms with Crippen LogP contribution in [-0.2, 0) is 4.74 Å². The fourth-order valence-corrected chi connectivity index (χ4v) is 2.75. The van der Waals surface area contributed by atoms with Crippen molar-refractivity contribution in [1.82, 2.24) is 15.1 Å². The average molecular weight is 351 g/mol. The summed E-state index contributed by atoms with van der Waals surface area (Å²) < 4.78 is 6.32. The van der Waals surface area contributed by atoms with Gasteiger partial charge < -0.3 is 10.1 Å². The Morgan fingerprint density at radius 2 is 1.77 bits per heavy atom. The molecule has 26 heavy (non-hydrogen) atoms. The van der Waals surface area contributed by atoms with Crippen molar-refractivity contribution in [1.29, 1.82) is 0 Å². The lowest BCUT2D eigenvalue weighted by atomic mass is 10.1. The predicted octanol–water partition coefficient (Wildman–Crippen LogP) is 2.72. The lowest BCUT2D eigenvalue weighted by molar-refractivity contribution is 0.0934. The topological polar surface area (TPSA) is 73.2 Å². The minimum Gasteiger partial charge on any atom is -0.383 e. The molecule has 1 heterocycles. The van der Waals surface area contributed by atoms with Crippen molar-refractivity contribution >= 4 is 22.7 Å². The Bertz CT molecular complexity index is 958. The van der Waals surface area contributed by atoms with Gasteiger partial charge in [0.15, 0.2) is 0 Å². The van der Waals surface area contributed by atoms with Crippen molar-refractivity contribution in [2.45, 2.75) is 13.8 Å². The first-order chi connectivity index (χ1) is 12.5. The molecular formula is C20H21N3O3. The number of fused-ring (bicyclic) bond motifs is 1. The summed E-state index contributed by atoms with van der Waals surface area (Å²) >= 11 is 0. The fraction of sp³-hybridized carbons (Fsp3) is 0.250. The van der Waals surface area contributed by atoms with Gasteiger partial charge in [-0.1, -0.05) is 17.7 Å². The van der Waals surface area contributed by atoms with Crippen LogP contribution in [-0.4, -0.2) is 41.9 Å². The molecule has 3 rings (SSSR count). The van der Waals surface area contributed by atoms with E-state index in [2.05, 4.69) is 10.4 Å². The lowest BCUT2D eigenvalue weighted by Crippen LogP contribution is -2.26. The molecule has 0 aliphatic rings. The van der Waals surface area contributed by atoms with E-state index in [1.807, 2.05) is 26.0 Å². The van der Waals surface area contributed by atoms with Gasteiger partial charge >= 0.3 is 0 Å². The summed E-state index contributed by atoms with van der Waals surface area (Å²) in [5.74, 6) is -0.374. The number of ether oxygens (including phenoxy) is 1. The van der Waals surface area contributed by atoms with E-state index in [-0.39, 0.29) is 11.8 Å². The molecule has 0 aliphatic heterocycles. The first kappa shape index (κ1) is 17.8. The van der Waals surface area contributed by atoms with Crippen LogP contribution in [0.5, 0.6) is 0 Å². The van der Waals surface area contributed by atoms with E-state index in [1.165, 1.54) is 4.68 Å². The highest BCUT2D eigenvalue weighted by Gasteiger charge is 2.17. The Kier molecular flexibility index (Phi) is 5.14. The van der Waals surface area contributed by atoms with E-state index < -0.39 is 0 Å². The third kappa shape index (κ3) is 3.50. The van der Waals surface area contributed by atoms with Crippen LogP contribution in [0, 0.1) is 13.8 Å². The average Bonchev–Trinajstić information content (AvgIpc) is 2.98. The number of hydrogen-bond donors (Lipinski definition) is 1. The molecule has 3 aromatic rings. The normalized spacial score (nSPS) is 10.9. The van der Waals surface area contributed by atoms with Crippen LogP contribution < -0.4 is 5.32 Å². The number of amides is 1. The second-order valence-corrected chi connectivity index (χ2v) is 6.15. The van der Waals surface area contributed by atoms with Crippen molar-refractivity contribution in [2.75, 3.05) is 20.3 Å². The van der Waals surface area contributed by atoms with E-state index in [1.54, 1.807) is 37.4 Å². The van der Waals surface area contributed by atoms with E-state index in [0.29, 0.717) is 35.5 Å². The minimum absolute atomic E-state index is 0.180. The summed E-state index contributed by atoms with van der Waals surface area (Å²) in [4.78, 5) is 25.0.